The predicted octanol–water partition coefficient (Wildman–Crippen LogP) is 3.70. The van der Waals surface area contributed by atoms with E-state index in [1.54, 1.807) is 13.2 Å². The molecule has 0 atom stereocenters. The van der Waals surface area contributed by atoms with E-state index < -0.39 is 5.63 Å². The minimum Gasteiger partial charge on any atom is -0.496 e. The van der Waals surface area contributed by atoms with E-state index in [9.17, 15) is 9.59 Å². The van der Waals surface area contributed by atoms with Crippen LogP contribution in [0.3, 0.4) is 0 Å². The van der Waals surface area contributed by atoms with Crippen molar-refractivity contribution in [1.29, 1.82) is 0 Å². The van der Waals surface area contributed by atoms with Gasteiger partial charge in [0.05, 0.1) is 13.5 Å². The van der Waals surface area contributed by atoms with Gasteiger partial charge in [0, 0.05) is 22.6 Å². The maximum absolute atomic E-state index is 12.2. The first kappa shape index (κ1) is 17.7. The summed E-state index contributed by atoms with van der Waals surface area (Å²) < 4.78 is 16.0. The van der Waals surface area contributed by atoms with Crippen LogP contribution in [0.5, 0.6) is 5.75 Å². The van der Waals surface area contributed by atoms with E-state index >= 15 is 0 Å². The number of esters is 1. The zero-order chi connectivity index (χ0) is 18.7. The van der Waals surface area contributed by atoms with E-state index in [0.717, 1.165) is 22.1 Å². The van der Waals surface area contributed by atoms with Crippen LogP contribution in [-0.2, 0) is 22.6 Å². The number of methoxy groups -OCH3 is 1. The Kier molecular flexibility index (Phi) is 5.07. The third kappa shape index (κ3) is 3.61. The molecule has 1 aromatic heterocycles. The van der Waals surface area contributed by atoms with Crippen LogP contribution in [0.25, 0.3) is 11.0 Å². The van der Waals surface area contributed by atoms with E-state index in [-0.39, 0.29) is 19.0 Å². The van der Waals surface area contributed by atoms with Crippen LogP contribution in [0, 0.1) is 13.8 Å². The van der Waals surface area contributed by atoms with Crippen molar-refractivity contribution in [3.8, 4) is 5.75 Å². The molecule has 134 valence electrons. The fraction of sp³-hybridized carbons (Fsp3) is 0.238. The molecule has 5 nitrogen and oxygen atoms in total. The lowest BCUT2D eigenvalue weighted by molar-refractivity contribution is -0.144. The molecule has 3 rings (SSSR count). The zero-order valence-corrected chi connectivity index (χ0v) is 15.0. The number of carbonyl (C=O) groups excluding carboxylic acids is 1. The smallest absolute Gasteiger partial charge is 0.336 e. The third-order valence-electron chi connectivity index (χ3n) is 4.43. The van der Waals surface area contributed by atoms with Crippen molar-refractivity contribution in [1.82, 2.24) is 0 Å². The van der Waals surface area contributed by atoms with Gasteiger partial charge in [-0.05, 0) is 31.0 Å². The normalized spacial score (nSPS) is 10.7. The second-order valence-corrected chi connectivity index (χ2v) is 6.12. The molecule has 0 aliphatic carbocycles. The van der Waals surface area contributed by atoms with Gasteiger partial charge in [0.25, 0.3) is 0 Å². The number of aryl methyl sites for hydroxylation is 2. The molecule has 0 saturated carbocycles. The lowest BCUT2D eigenvalue weighted by atomic mass is 10.0. The Hall–Kier alpha value is -3.08. The summed E-state index contributed by atoms with van der Waals surface area (Å²) in [5.41, 5.74) is 3.40. The summed E-state index contributed by atoms with van der Waals surface area (Å²) in [5, 5.41) is 0.776. The SMILES string of the molecule is COc1ccccc1CC(=O)OCc1cc(=O)oc2c(C)c(C)ccc12. The minimum atomic E-state index is -0.457. The lowest BCUT2D eigenvalue weighted by Crippen LogP contribution is -2.10. The molecule has 0 radical (unpaired) electrons. The topological polar surface area (TPSA) is 65.7 Å². The van der Waals surface area contributed by atoms with Crippen LogP contribution in [0.1, 0.15) is 22.3 Å². The molecule has 0 unspecified atom stereocenters. The van der Waals surface area contributed by atoms with Crippen molar-refractivity contribution in [3.05, 3.63) is 75.1 Å². The van der Waals surface area contributed by atoms with Crippen molar-refractivity contribution in [2.75, 3.05) is 7.11 Å². The first-order valence-electron chi connectivity index (χ1n) is 8.30. The molecule has 0 saturated heterocycles. The Balaban J connectivity index is 1.80. The Morgan fingerprint density at radius 3 is 2.62 bits per heavy atom. The summed E-state index contributed by atoms with van der Waals surface area (Å²) in [4.78, 5) is 24.1. The molecular weight excluding hydrogens is 332 g/mol. The first-order valence-corrected chi connectivity index (χ1v) is 8.30. The third-order valence-corrected chi connectivity index (χ3v) is 4.43. The molecular formula is C21H20O5. The second-order valence-electron chi connectivity index (χ2n) is 6.12. The van der Waals surface area contributed by atoms with Gasteiger partial charge in [-0.1, -0.05) is 30.3 Å². The summed E-state index contributed by atoms with van der Waals surface area (Å²) in [6.07, 6.45) is 0.0987. The highest BCUT2D eigenvalue weighted by molar-refractivity contribution is 5.84. The summed E-state index contributed by atoms with van der Waals surface area (Å²) in [6.45, 7) is 3.87. The molecule has 0 spiro atoms. The quantitative estimate of drug-likeness (QED) is 0.517. The van der Waals surface area contributed by atoms with Crippen molar-refractivity contribution in [2.24, 2.45) is 0 Å². The lowest BCUT2D eigenvalue weighted by Gasteiger charge is -2.11. The van der Waals surface area contributed by atoms with E-state index in [2.05, 4.69) is 0 Å². The molecule has 0 N–H and O–H groups in total. The van der Waals surface area contributed by atoms with Crippen molar-refractivity contribution >= 4 is 16.9 Å². The number of rotatable bonds is 5. The Bertz CT molecular complexity index is 1020. The number of carbonyl (C=O) groups is 1. The molecule has 0 aliphatic heterocycles. The van der Waals surface area contributed by atoms with Crippen molar-refractivity contribution in [2.45, 2.75) is 26.9 Å². The number of benzene rings is 2. The number of ether oxygens (including phenoxy) is 2. The van der Waals surface area contributed by atoms with Gasteiger partial charge in [-0.2, -0.15) is 0 Å². The second kappa shape index (κ2) is 7.44. The van der Waals surface area contributed by atoms with Gasteiger partial charge >= 0.3 is 11.6 Å². The average Bonchev–Trinajstić information content (AvgIpc) is 2.63. The predicted molar refractivity (Wildman–Crippen MR) is 98.5 cm³/mol. The molecule has 0 aliphatic rings. The molecule has 0 bridgehead atoms. The largest absolute Gasteiger partial charge is 0.496 e. The van der Waals surface area contributed by atoms with Gasteiger partial charge in [0.2, 0.25) is 0 Å². The molecule has 0 fully saturated rings. The number of hydrogen-bond donors (Lipinski definition) is 0. The molecule has 5 heteroatoms. The van der Waals surface area contributed by atoms with Crippen LogP contribution in [0.15, 0.2) is 51.7 Å². The van der Waals surface area contributed by atoms with Crippen LogP contribution >= 0.6 is 0 Å². The van der Waals surface area contributed by atoms with Crippen LogP contribution < -0.4 is 10.4 Å². The van der Waals surface area contributed by atoms with E-state index in [4.69, 9.17) is 13.9 Å². The van der Waals surface area contributed by atoms with E-state index in [0.29, 0.717) is 16.9 Å². The summed E-state index contributed by atoms with van der Waals surface area (Å²) in [5.74, 6) is 0.251. The summed E-state index contributed by atoms with van der Waals surface area (Å²) >= 11 is 0. The minimum absolute atomic E-state index is 0.0125. The number of para-hydroxylation sites is 1. The fourth-order valence-electron chi connectivity index (χ4n) is 2.86. The van der Waals surface area contributed by atoms with Gasteiger partial charge < -0.3 is 13.9 Å². The Morgan fingerprint density at radius 2 is 1.85 bits per heavy atom. The van der Waals surface area contributed by atoms with Gasteiger partial charge in [-0.15, -0.1) is 0 Å². The fourth-order valence-corrected chi connectivity index (χ4v) is 2.86. The van der Waals surface area contributed by atoms with Crippen LogP contribution in [0.2, 0.25) is 0 Å². The monoisotopic (exact) mass is 352 g/mol. The Labute approximate surface area is 151 Å². The van der Waals surface area contributed by atoms with Crippen molar-refractivity contribution in [3.63, 3.8) is 0 Å². The standard InChI is InChI=1S/C21H20O5/c1-13-8-9-17-16(11-20(23)26-21(17)14(13)2)12-25-19(22)10-15-6-4-5-7-18(15)24-3/h4-9,11H,10,12H2,1-3H3. The highest BCUT2D eigenvalue weighted by atomic mass is 16.5. The summed E-state index contributed by atoms with van der Waals surface area (Å²) in [6, 6.07) is 12.5. The first-order chi connectivity index (χ1) is 12.5. The maximum atomic E-state index is 12.2. The van der Waals surface area contributed by atoms with Crippen molar-refractivity contribution < 1.29 is 18.7 Å². The molecule has 3 aromatic rings. The number of fused-ring (bicyclic) bond motifs is 1. The number of hydrogen-bond acceptors (Lipinski definition) is 5. The average molecular weight is 352 g/mol. The maximum Gasteiger partial charge on any atom is 0.336 e. The van der Waals surface area contributed by atoms with Gasteiger partial charge in [-0.25, -0.2) is 4.79 Å². The molecule has 1 heterocycles. The van der Waals surface area contributed by atoms with E-state index in [1.807, 2.05) is 44.2 Å². The molecule has 2 aromatic carbocycles. The zero-order valence-electron chi connectivity index (χ0n) is 15.0. The van der Waals surface area contributed by atoms with Gasteiger partial charge in [0.15, 0.2) is 0 Å². The van der Waals surface area contributed by atoms with E-state index in [1.165, 1.54) is 6.07 Å². The van der Waals surface area contributed by atoms with Crippen LogP contribution in [-0.4, -0.2) is 13.1 Å². The highest BCUT2D eigenvalue weighted by Crippen LogP contribution is 2.24. The Morgan fingerprint density at radius 1 is 1.08 bits per heavy atom. The van der Waals surface area contributed by atoms with Gasteiger partial charge in [0.1, 0.15) is 17.9 Å². The van der Waals surface area contributed by atoms with Gasteiger partial charge in [-0.3, -0.25) is 4.79 Å². The molecule has 0 amide bonds. The molecule has 26 heavy (non-hydrogen) atoms. The summed E-state index contributed by atoms with van der Waals surface area (Å²) in [7, 11) is 1.56. The highest BCUT2D eigenvalue weighted by Gasteiger charge is 2.13. The van der Waals surface area contributed by atoms with Crippen LogP contribution in [0.4, 0.5) is 0 Å².